The van der Waals surface area contributed by atoms with Gasteiger partial charge in [-0.05, 0) is 46.0 Å². The van der Waals surface area contributed by atoms with Crippen LogP contribution < -0.4 is 10.6 Å². The highest BCUT2D eigenvalue weighted by Crippen LogP contribution is 2.44. The number of nitrogens with zero attached hydrogens (tertiary/aromatic N) is 1. The third-order valence-corrected chi connectivity index (χ3v) is 6.26. The van der Waals surface area contributed by atoms with Gasteiger partial charge >= 0.3 is 11.8 Å². The maximum Gasteiger partial charge on any atom is 0.309 e. The molecule has 0 spiro atoms. The van der Waals surface area contributed by atoms with Gasteiger partial charge in [-0.3, -0.25) is 9.59 Å². The minimum atomic E-state index is -0.578. The van der Waals surface area contributed by atoms with Crippen molar-refractivity contribution in [3.63, 3.8) is 0 Å². The third kappa shape index (κ3) is 5.26. The molecule has 1 aromatic rings. The smallest absolute Gasteiger partial charge is 0.309 e. The fourth-order valence-electron chi connectivity index (χ4n) is 3.23. The van der Waals surface area contributed by atoms with Crippen molar-refractivity contribution in [2.75, 3.05) is 33.7 Å². The number of nitrogens with one attached hydrogen (secondary N) is 2. The molecule has 140 valence electrons. The van der Waals surface area contributed by atoms with Crippen molar-refractivity contribution in [1.82, 2.24) is 15.5 Å². The van der Waals surface area contributed by atoms with Crippen molar-refractivity contribution < 1.29 is 14.7 Å². The molecule has 0 aromatic carbocycles. The molecule has 2 amide bonds. The molecule has 1 unspecified atom stereocenters. The van der Waals surface area contributed by atoms with Crippen LogP contribution in [0.25, 0.3) is 0 Å². The number of carbonyl (C=O) groups excluding carboxylic acids is 2. The summed E-state index contributed by atoms with van der Waals surface area (Å²) in [6.45, 7) is 3.37. The topological polar surface area (TPSA) is 81.7 Å². The van der Waals surface area contributed by atoms with Crippen LogP contribution in [0.4, 0.5) is 0 Å². The number of carbonyl (C=O) groups is 2. The van der Waals surface area contributed by atoms with Gasteiger partial charge < -0.3 is 20.6 Å². The van der Waals surface area contributed by atoms with Gasteiger partial charge in [0, 0.05) is 34.8 Å². The van der Waals surface area contributed by atoms with E-state index >= 15 is 0 Å². The van der Waals surface area contributed by atoms with Crippen molar-refractivity contribution >= 4 is 23.2 Å². The van der Waals surface area contributed by atoms with E-state index in [0.29, 0.717) is 19.6 Å². The lowest BCUT2D eigenvalue weighted by Gasteiger charge is -2.28. The largest absolute Gasteiger partial charge is 0.388 e. The molecule has 1 fully saturated rings. The van der Waals surface area contributed by atoms with Crippen LogP contribution in [0.15, 0.2) is 12.1 Å². The van der Waals surface area contributed by atoms with E-state index in [4.69, 9.17) is 0 Å². The molecular weight excluding hydrogens is 338 g/mol. The summed E-state index contributed by atoms with van der Waals surface area (Å²) in [4.78, 5) is 28.1. The maximum absolute atomic E-state index is 12.1. The van der Waals surface area contributed by atoms with E-state index < -0.39 is 17.9 Å². The van der Waals surface area contributed by atoms with Crippen molar-refractivity contribution in [2.24, 2.45) is 0 Å². The monoisotopic (exact) mass is 367 g/mol. The molecule has 1 aromatic heterocycles. The zero-order chi connectivity index (χ0) is 18.4. The van der Waals surface area contributed by atoms with Gasteiger partial charge in [-0.1, -0.05) is 12.8 Å². The first kappa shape index (κ1) is 19.9. The summed E-state index contributed by atoms with van der Waals surface area (Å²) in [5.74, 6) is -1.15. The SMILES string of the molecule is CC(O)c1ccc(C2(CNC(=O)C(=O)NCCN(C)C)CCCC2)s1. The second-order valence-corrected chi connectivity index (χ2v) is 8.22. The first-order valence-corrected chi connectivity index (χ1v) is 9.65. The van der Waals surface area contributed by atoms with Crippen LogP contribution in [-0.2, 0) is 15.0 Å². The fourth-order valence-corrected chi connectivity index (χ4v) is 4.42. The first-order chi connectivity index (χ1) is 11.8. The number of likely N-dealkylation sites (N-methyl/N-ethyl adjacent to an activating group) is 1. The number of amides is 2. The first-order valence-electron chi connectivity index (χ1n) is 8.83. The van der Waals surface area contributed by atoms with Crippen molar-refractivity contribution in [1.29, 1.82) is 0 Å². The van der Waals surface area contributed by atoms with Crippen molar-refractivity contribution in [3.05, 3.63) is 21.9 Å². The van der Waals surface area contributed by atoms with Crippen molar-refractivity contribution in [3.8, 4) is 0 Å². The quantitative estimate of drug-likeness (QED) is 0.637. The van der Waals surface area contributed by atoms with Crippen molar-refractivity contribution in [2.45, 2.75) is 44.1 Å². The van der Waals surface area contributed by atoms with Gasteiger partial charge in [0.05, 0.1) is 6.10 Å². The van der Waals surface area contributed by atoms with E-state index in [1.165, 1.54) is 4.88 Å². The van der Waals surface area contributed by atoms with Gasteiger partial charge in [-0.25, -0.2) is 0 Å². The summed E-state index contributed by atoms with van der Waals surface area (Å²) in [6.07, 6.45) is 3.75. The molecule has 1 saturated carbocycles. The molecule has 25 heavy (non-hydrogen) atoms. The molecule has 0 saturated heterocycles. The Bertz CT molecular complexity index is 592. The summed E-state index contributed by atoms with van der Waals surface area (Å²) in [5, 5.41) is 15.2. The number of hydrogen-bond acceptors (Lipinski definition) is 5. The summed E-state index contributed by atoms with van der Waals surface area (Å²) < 4.78 is 0. The molecular formula is C18H29N3O3S. The molecule has 0 radical (unpaired) electrons. The minimum absolute atomic E-state index is 0.114. The number of aliphatic hydroxyl groups excluding tert-OH is 1. The summed E-state index contributed by atoms with van der Waals surface area (Å²) in [7, 11) is 3.83. The summed E-state index contributed by atoms with van der Waals surface area (Å²) in [5.41, 5.74) is -0.114. The Morgan fingerprint density at radius 3 is 2.44 bits per heavy atom. The lowest BCUT2D eigenvalue weighted by molar-refractivity contribution is -0.139. The molecule has 1 aliphatic carbocycles. The summed E-state index contributed by atoms with van der Waals surface area (Å²) in [6, 6.07) is 4.02. The van der Waals surface area contributed by atoms with Crippen LogP contribution in [-0.4, -0.2) is 55.6 Å². The molecule has 1 aliphatic rings. The average molecular weight is 368 g/mol. The lowest BCUT2D eigenvalue weighted by Crippen LogP contribution is -2.46. The predicted molar refractivity (Wildman–Crippen MR) is 99.7 cm³/mol. The fraction of sp³-hybridized carbons (Fsp3) is 0.667. The predicted octanol–water partition coefficient (Wildman–Crippen LogP) is 1.41. The molecule has 1 atom stereocenters. The second-order valence-electron chi connectivity index (χ2n) is 7.11. The zero-order valence-electron chi connectivity index (χ0n) is 15.3. The molecule has 6 nitrogen and oxygen atoms in total. The van der Waals surface area contributed by atoms with Gasteiger partial charge in [0.2, 0.25) is 0 Å². The van der Waals surface area contributed by atoms with Crippen LogP contribution in [0.3, 0.4) is 0 Å². The van der Waals surface area contributed by atoms with Crippen LogP contribution >= 0.6 is 11.3 Å². The average Bonchev–Trinajstić information content (AvgIpc) is 3.22. The van der Waals surface area contributed by atoms with Gasteiger partial charge in [-0.2, -0.15) is 0 Å². The standard InChI is InChI=1S/C18H29N3O3S/c1-13(22)14-6-7-15(25-14)18(8-4-5-9-18)12-20-17(24)16(23)19-10-11-21(2)3/h6-7,13,22H,4-5,8-12H2,1-3H3,(H,19,23)(H,20,24). The van der Waals surface area contributed by atoms with Gasteiger partial charge in [0.15, 0.2) is 0 Å². The molecule has 3 N–H and O–H groups in total. The minimum Gasteiger partial charge on any atom is -0.388 e. The molecule has 7 heteroatoms. The van der Waals surface area contributed by atoms with Crippen LogP contribution in [0.1, 0.15) is 48.5 Å². The Hall–Kier alpha value is -1.44. The maximum atomic E-state index is 12.1. The normalized spacial score (nSPS) is 17.5. The van der Waals surface area contributed by atoms with E-state index in [0.717, 1.165) is 30.6 Å². The van der Waals surface area contributed by atoms with Gasteiger partial charge in [-0.15, -0.1) is 11.3 Å². The Labute approximate surface area is 153 Å². The molecule has 2 rings (SSSR count). The van der Waals surface area contributed by atoms with E-state index in [-0.39, 0.29) is 5.41 Å². The molecule has 0 bridgehead atoms. The Balaban J connectivity index is 1.95. The number of aliphatic hydroxyl groups is 1. The third-order valence-electron chi connectivity index (χ3n) is 4.76. The zero-order valence-corrected chi connectivity index (χ0v) is 16.1. The highest BCUT2D eigenvalue weighted by Gasteiger charge is 2.37. The van der Waals surface area contributed by atoms with E-state index in [2.05, 4.69) is 16.7 Å². The van der Waals surface area contributed by atoms with Gasteiger partial charge in [0.25, 0.3) is 0 Å². The molecule has 0 aliphatic heterocycles. The van der Waals surface area contributed by atoms with E-state index in [1.807, 2.05) is 25.1 Å². The van der Waals surface area contributed by atoms with Crippen LogP contribution in [0.5, 0.6) is 0 Å². The van der Waals surface area contributed by atoms with E-state index in [1.54, 1.807) is 18.3 Å². The van der Waals surface area contributed by atoms with Gasteiger partial charge in [0.1, 0.15) is 0 Å². The number of hydrogen-bond donors (Lipinski definition) is 3. The Morgan fingerprint density at radius 1 is 1.24 bits per heavy atom. The van der Waals surface area contributed by atoms with E-state index in [9.17, 15) is 14.7 Å². The van der Waals surface area contributed by atoms with Crippen LogP contribution in [0.2, 0.25) is 0 Å². The van der Waals surface area contributed by atoms with Crippen LogP contribution in [0, 0.1) is 0 Å². The number of rotatable bonds is 7. The lowest BCUT2D eigenvalue weighted by atomic mass is 9.84. The highest BCUT2D eigenvalue weighted by atomic mass is 32.1. The summed E-state index contributed by atoms with van der Waals surface area (Å²) >= 11 is 1.61. The molecule has 1 heterocycles. The Morgan fingerprint density at radius 2 is 1.88 bits per heavy atom. The number of thiophene rings is 1. The Kier molecular flexibility index (Phi) is 6.98. The second kappa shape index (κ2) is 8.78. The highest BCUT2D eigenvalue weighted by molar-refractivity contribution is 7.12.